The van der Waals surface area contributed by atoms with E-state index in [9.17, 15) is 0 Å². The number of piperidine rings is 1. The number of fused-ring (bicyclic) bond motifs is 1. The predicted molar refractivity (Wildman–Crippen MR) is 84.8 cm³/mol. The summed E-state index contributed by atoms with van der Waals surface area (Å²) in [5.74, 6) is 2.22. The van der Waals surface area contributed by atoms with Crippen LogP contribution >= 0.6 is 0 Å². The number of rotatable bonds is 2. The Morgan fingerprint density at radius 3 is 2.91 bits per heavy atom. The molecule has 3 heterocycles. The lowest BCUT2D eigenvalue weighted by Gasteiger charge is -2.31. The first-order chi connectivity index (χ1) is 10.8. The molecule has 0 spiro atoms. The molecule has 22 heavy (non-hydrogen) atoms. The van der Waals surface area contributed by atoms with Gasteiger partial charge in [-0.05, 0) is 31.4 Å². The summed E-state index contributed by atoms with van der Waals surface area (Å²) in [7, 11) is 0. The minimum absolute atomic E-state index is 0.386. The number of para-hydroxylation sites is 1. The van der Waals surface area contributed by atoms with Gasteiger partial charge in [-0.1, -0.05) is 12.1 Å². The first kappa shape index (κ1) is 13.2. The zero-order valence-corrected chi connectivity index (χ0v) is 12.5. The highest BCUT2D eigenvalue weighted by Crippen LogP contribution is 2.28. The first-order valence-corrected chi connectivity index (χ1v) is 7.63. The summed E-state index contributed by atoms with van der Waals surface area (Å²) in [6, 6.07) is 6.26. The quantitative estimate of drug-likeness (QED) is 0.786. The van der Waals surface area contributed by atoms with E-state index >= 15 is 0 Å². The van der Waals surface area contributed by atoms with Gasteiger partial charge in [0.2, 0.25) is 5.95 Å². The predicted octanol–water partition coefficient (Wildman–Crippen LogP) is 2.44. The number of nitrogens with zero attached hydrogens (tertiary/aromatic N) is 5. The van der Waals surface area contributed by atoms with Crippen LogP contribution in [0.4, 0.5) is 5.95 Å². The molecule has 1 N–H and O–H groups in total. The van der Waals surface area contributed by atoms with Crippen LogP contribution in [0.5, 0.6) is 0 Å². The average Bonchev–Trinajstić information content (AvgIpc) is 3.02. The number of hydrogen-bond acceptors (Lipinski definition) is 5. The van der Waals surface area contributed by atoms with E-state index in [1.807, 2.05) is 0 Å². The van der Waals surface area contributed by atoms with Crippen LogP contribution in [0, 0.1) is 6.92 Å². The molecule has 1 aliphatic rings. The highest BCUT2D eigenvalue weighted by molar-refractivity contribution is 5.78. The Balaban J connectivity index is 1.62. The molecule has 4 rings (SSSR count). The fourth-order valence-corrected chi connectivity index (χ4v) is 3.17. The van der Waals surface area contributed by atoms with Crippen molar-refractivity contribution in [3.63, 3.8) is 0 Å². The molecule has 0 bridgehead atoms. The highest BCUT2D eigenvalue weighted by atomic mass is 15.3. The summed E-state index contributed by atoms with van der Waals surface area (Å²) in [5.41, 5.74) is 3.41. The van der Waals surface area contributed by atoms with Crippen molar-refractivity contribution in [3.8, 4) is 0 Å². The summed E-state index contributed by atoms with van der Waals surface area (Å²) in [5, 5.41) is 0. The van der Waals surface area contributed by atoms with Gasteiger partial charge < -0.3 is 9.88 Å². The van der Waals surface area contributed by atoms with Gasteiger partial charge in [0, 0.05) is 19.0 Å². The zero-order chi connectivity index (χ0) is 14.9. The molecule has 0 amide bonds. The Morgan fingerprint density at radius 2 is 2.09 bits per heavy atom. The Hall–Kier alpha value is -2.50. The van der Waals surface area contributed by atoms with Gasteiger partial charge in [-0.25, -0.2) is 19.9 Å². The maximum atomic E-state index is 4.83. The highest BCUT2D eigenvalue weighted by Gasteiger charge is 2.25. The normalized spacial score (nSPS) is 18.8. The van der Waals surface area contributed by atoms with Crippen molar-refractivity contribution in [1.29, 1.82) is 0 Å². The molecular weight excluding hydrogens is 276 g/mol. The van der Waals surface area contributed by atoms with E-state index in [0.717, 1.165) is 48.7 Å². The third-order valence-corrected chi connectivity index (χ3v) is 4.30. The van der Waals surface area contributed by atoms with Crippen LogP contribution in [0.1, 0.15) is 30.1 Å². The van der Waals surface area contributed by atoms with E-state index < -0.39 is 0 Å². The van der Waals surface area contributed by atoms with Crippen molar-refractivity contribution < 1.29 is 0 Å². The second kappa shape index (κ2) is 5.36. The molecule has 0 saturated carbocycles. The van der Waals surface area contributed by atoms with E-state index in [2.05, 4.69) is 50.0 Å². The molecule has 1 aromatic carbocycles. The lowest BCUT2D eigenvalue weighted by molar-refractivity contribution is 0.488. The number of benzene rings is 1. The summed E-state index contributed by atoms with van der Waals surface area (Å²) in [6.07, 6.45) is 5.36. The number of aromatic nitrogens is 5. The van der Waals surface area contributed by atoms with Crippen molar-refractivity contribution >= 4 is 17.0 Å². The number of hydrogen-bond donors (Lipinski definition) is 1. The lowest BCUT2D eigenvalue weighted by Crippen LogP contribution is -2.35. The minimum Gasteiger partial charge on any atom is -0.342 e. The third-order valence-electron chi connectivity index (χ3n) is 4.30. The van der Waals surface area contributed by atoms with E-state index in [1.54, 1.807) is 12.7 Å². The molecule has 1 unspecified atom stereocenters. The van der Waals surface area contributed by atoms with Gasteiger partial charge in [-0.3, -0.25) is 0 Å². The smallest absolute Gasteiger partial charge is 0.228 e. The minimum atomic E-state index is 0.386. The second-order valence-corrected chi connectivity index (χ2v) is 5.82. The van der Waals surface area contributed by atoms with Gasteiger partial charge in [0.1, 0.15) is 18.5 Å². The van der Waals surface area contributed by atoms with Crippen LogP contribution in [0.25, 0.3) is 11.0 Å². The molecule has 6 nitrogen and oxygen atoms in total. The topological polar surface area (TPSA) is 70.6 Å². The second-order valence-electron chi connectivity index (χ2n) is 5.82. The molecular formula is C16H18N6. The molecule has 1 aliphatic heterocycles. The van der Waals surface area contributed by atoms with Gasteiger partial charge >= 0.3 is 0 Å². The molecule has 1 atom stereocenters. The maximum absolute atomic E-state index is 4.83. The summed E-state index contributed by atoms with van der Waals surface area (Å²) in [4.78, 5) is 22.9. The lowest BCUT2D eigenvalue weighted by atomic mass is 9.98. The molecule has 3 aromatic rings. The van der Waals surface area contributed by atoms with Crippen molar-refractivity contribution in [2.24, 2.45) is 0 Å². The monoisotopic (exact) mass is 294 g/mol. The number of nitrogens with one attached hydrogen (secondary N) is 1. The Morgan fingerprint density at radius 1 is 1.23 bits per heavy atom. The average molecular weight is 294 g/mol. The van der Waals surface area contributed by atoms with Crippen molar-refractivity contribution in [3.05, 3.63) is 42.2 Å². The molecule has 112 valence electrons. The largest absolute Gasteiger partial charge is 0.342 e. The van der Waals surface area contributed by atoms with Crippen molar-refractivity contribution in [2.75, 3.05) is 18.0 Å². The van der Waals surface area contributed by atoms with Gasteiger partial charge in [-0.2, -0.15) is 0 Å². The van der Waals surface area contributed by atoms with Gasteiger partial charge in [0.15, 0.2) is 0 Å². The number of imidazole rings is 1. The van der Waals surface area contributed by atoms with E-state index in [4.69, 9.17) is 4.98 Å². The van der Waals surface area contributed by atoms with Gasteiger partial charge in [0.05, 0.1) is 11.0 Å². The van der Waals surface area contributed by atoms with Crippen molar-refractivity contribution in [2.45, 2.75) is 25.7 Å². The van der Waals surface area contributed by atoms with Crippen LogP contribution < -0.4 is 4.90 Å². The molecule has 1 fully saturated rings. The van der Waals surface area contributed by atoms with Crippen LogP contribution in [-0.4, -0.2) is 38.0 Å². The Kier molecular flexibility index (Phi) is 3.21. The van der Waals surface area contributed by atoms with Crippen LogP contribution in [0.15, 0.2) is 30.9 Å². The summed E-state index contributed by atoms with van der Waals surface area (Å²) < 4.78 is 0. The molecule has 0 aliphatic carbocycles. The Labute approximate surface area is 128 Å². The first-order valence-electron chi connectivity index (χ1n) is 7.63. The summed E-state index contributed by atoms with van der Waals surface area (Å²) >= 11 is 0. The zero-order valence-electron chi connectivity index (χ0n) is 12.5. The SMILES string of the molecule is Cc1cccc2[nH]c(C3CCCN(c4ncncn4)C3)nc12. The third kappa shape index (κ3) is 2.30. The number of aryl methyl sites for hydroxylation is 1. The van der Waals surface area contributed by atoms with Gasteiger partial charge in [0.25, 0.3) is 0 Å². The van der Waals surface area contributed by atoms with Crippen LogP contribution in [0.2, 0.25) is 0 Å². The van der Waals surface area contributed by atoms with Gasteiger partial charge in [-0.15, -0.1) is 0 Å². The van der Waals surface area contributed by atoms with Crippen LogP contribution in [-0.2, 0) is 0 Å². The summed E-state index contributed by atoms with van der Waals surface area (Å²) in [6.45, 7) is 3.98. The number of aromatic amines is 1. The molecule has 6 heteroatoms. The standard InChI is InChI=1S/C16H18N6/c1-11-4-2-6-13-14(11)21-15(20-13)12-5-3-7-22(8-12)16-18-9-17-10-19-16/h2,4,6,9-10,12H,3,5,7-8H2,1H3,(H,20,21). The van der Waals surface area contributed by atoms with E-state index in [1.165, 1.54) is 5.56 Å². The fraction of sp³-hybridized carbons (Fsp3) is 0.375. The Bertz CT molecular complexity index is 782. The maximum Gasteiger partial charge on any atom is 0.228 e. The van der Waals surface area contributed by atoms with E-state index in [0.29, 0.717) is 5.92 Å². The number of H-pyrrole nitrogens is 1. The van der Waals surface area contributed by atoms with E-state index in [-0.39, 0.29) is 0 Å². The molecule has 2 aromatic heterocycles. The van der Waals surface area contributed by atoms with Crippen LogP contribution in [0.3, 0.4) is 0 Å². The fourth-order valence-electron chi connectivity index (χ4n) is 3.17. The number of anilines is 1. The molecule has 0 radical (unpaired) electrons. The molecule has 1 saturated heterocycles. The van der Waals surface area contributed by atoms with Crippen molar-refractivity contribution in [1.82, 2.24) is 24.9 Å².